The maximum atomic E-state index is 13.8. The maximum Gasteiger partial charge on any atom is 0.304 e. The van der Waals surface area contributed by atoms with Gasteiger partial charge in [-0.15, -0.1) is 0 Å². The van der Waals surface area contributed by atoms with Gasteiger partial charge >= 0.3 is 10.2 Å². The molecule has 2 aromatic carbocycles. The quantitative estimate of drug-likeness (QED) is 0.433. The van der Waals surface area contributed by atoms with Crippen LogP contribution < -0.4 is 9.62 Å². The molecule has 0 saturated heterocycles. The SMILES string of the molecule is Cc1ccc(C)c(N(CC(=O)N(Cc2ccc(Cl)c(Cl)c2)[C@@H](C)C(=O)NCC(C)C)S(=O)(=O)N(C)C)c1. The Kier molecular flexibility index (Phi) is 10.8. The summed E-state index contributed by atoms with van der Waals surface area (Å²) in [5.74, 6) is -0.652. The average molecular weight is 572 g/mol. The number of hydrogen-bond donors (Lipinski definition) is 1. The zero-order valence-electron chi connectivity index (χ0n) is 22.4. The highest BCUT2D eigenvalue weighted by molar-refractivity contribution is 7.90. The van der Waals surface area contributed by atoms with Crippen LogP contribution in [0.4, 0.5) is 5.69 Å². The van der Waals surface area contributed by atoms with Crippen LogP contribution in [0.25, 0.3) is 0 Å². The normalized spacial score (nSPS) is 12.5. The van der Waals surface area contributed by atoms with E-state index in [1.807, 2.05) is 32.9 Å². The van der Waals surface area contributed by atoms with Crippen molar-refractivity contribution in [3.05, 3.63) is 63.1 Å². The molecule has 2 rings (SSSR count). The molecule has 0 unspecified atom stereocenters. The molecule has 0 aromatic heterocycles. The monoisotopic (exact) mass is 570 g/mol. The summed E-state index contributed by atoms with van der Waals surface area (Å²) >= 11 is 12.2. The molecule has 2 aromatic rings. The Labute approximate surface area is 230 Å². The number of halogens is 2. The predicted molar refractivity (Wildman–Crippen MR) is 150 cm³/mol. The number of amides is 2. The van der Waals surface area contributed by atoms with Gasteiger partial charge in [0.2, 0.25) is 11.8 Å². The first-order chi connectivity index (χ1) is 17.1. The van der Waals surface area contributed by atoms with Gasteiger partial charge in [0, 0.05) is 27.2 Å². The Bertz CT molecular complexity index is 1240. The van der Waals surface area contributed by atoms with Crippen molar-refractivity contribution in [1.29, 1.82) is 0 Å². The summed E-state index contributed by atoms with van der Waals surface area (Å²) in [6.45, 7) is 9.18. The molecule has 1 atom stereocenters. The van der Waals surface area contributed by atoms with Gasteiger partial charge in [-0.2, -0.15) is 12.7 Å². The molecule has 0 spiro atoms. The van der Waals surface area contributed by atoms with Crippen molar-refractivity contribution in [3.63, 3.8) is 0 Å². The number of rotatable bonds is 11. The second kappa shape index (κ2) is 13.0. The van der Waals surface area contributed by atoms with Crippen LogP contribution in [-0.4, -0.2) is 62.7 Å². The van der Waals surface area contributed by atoms with Crippen LogP contribution in [0.2, 0.25) is 10.0 Å². The van der Waals surface area contributed by atoms with Crippen molar-refractivity contribution in [2.24, 2.45) is 5.92 Å². The van der Waals surface area contributed by atoms with Gasteiger partial charge in [-0.3, -0.25) is 9.59 Å². The number of carbonyl (C=O) groups is 2. The molecule has 0 bridgehead atoms. The third-order valence-corrected chi connectivity index (χ3v) is 8.39. The van der Waals surface area contributed by atoms with Crippen LogP contribution in [0, 0.1) is 19.8 Å². The third-order valence-electron chi connectivity index (χ3n) is 5.84. The Morgan fingerprint density at radius 2 is 1.62 bits per heavy atom. The van der Waals surface area contributed by atoms with Crippen molar-refractivity contribution >= 4 is 50.9 Å². The van der Waals surface area contributed by atoms with E-state index in [0.29, 0.717) is 33.4 Å². The number of carbonyl (C=O) groups excluding carboxylic acids is 2. The van der Waals surface area contributed by atoms with Crippen LogP contribution in [0.5, 0.6) is 0 Å². The summed E-state index contributed by atoms with van der Waals surface area (Å²) in [7, 11) is -1.21. The van der Waals surface area contributed by atoms with E-state index < -0.39 is 28.7 Å². The van der Waals surface area contributed by atoms with E-state index in [-0.39, 0.29) is 18.4 Å². The fourth-order valence-electron chi connectivity index (χ4n) is 3.56. The first kappa shape index (κ1) is 30.9. The molecule has 37 heavy (non-hydrogen) atoms. The minimum absolute atomic E-state index is 0.0363. The molecule has 0 radical (unpaired) electrons. The van der Waals surface area contributed by atoms with E-state index in [1.165, 1.54) is 19.0 Å². The standard InChI is InChI=1S/C26H36Cl2N4O4S/c1-17(2)14-29-26(34)20(5)31(15-21-10-11-22(27)23(28)13-21)25(33)16-32(37(35,36)30(6)7)24-12-18(3)8-9-19(24)4/h8-13,17,20H,14-16H2,1-7H3,(H,29,34)/t20-/m0/s1. The number of nitrogens with one attached hydrogen (secondary N) is 1. The predicted octanol–water partition coefficient (Wildman–Crippen LogP) is 4.41. The van der Waals surface area contributed by atoms with Crippen molar-refractivity contribution in [1.82, 2.24) is 14.5 Å². The molecule has 0 fully saturated rings. The first-order valence-corrected chi connectivity index (χ1v) is 14.1. The molecule has 2 amide bonds. The van der Waals surface area contributed by atoms with Crippen molar-refractivity contribution in [3.8, 4) is 0 Å². The molecule has 8 nitrogen and oxygen atoms in total. The molecule has 204 valence electrons. The second-order valence-corrected chi connectivity index (χ2v) is 12.6. The minimum Gasteiger partial charge on any atom is -0.354 e. The third kappa shape index (κ3) is 8.07. The van der Waals surface area contributed by atoms with E-state index in [0.717, 1.165) is 14.2 Å². The Morgan fingerprint density at radius 1 is 0.973 bits per heavy atom. The molecule has 11 heteroatoms. The van der Waals surface area contributed by atoms with Crippen molar-refractivity contribution < 1.29 is 18.0 Å². The molecular weight excluding hydrogens is 535 g/mol. The van der Waals surface area contributed by atoms with Gasteiger partial charge in [0.15, 0.2) is 0 Å². The van der Waals surface area contributed by atoms with Gasteiger partial charge in [0.05, 0.1) is 15.7 Å². The van der Waals surface area contributed by atoms with Gasteiger partial charge in [-0.05, 0) is 61.6 Å². The lowest BCUT2D eigenvalue weighted by Gasteiger charge is -2.33. The van der Waals surface area contributed by atoms with Crippen LogP contribution in [0.15, 0.2) is 36.4 Å². The number of anilines is 1. The van der Waals surface area contributed by atoms with Crippen molar-refractivity contribution in [2.75, 3.05) is 31.5 Å². The van der Waals surface area contributed by atoms with E-state index in [9.17, 15) is 18.0 Å². The fraction of sp³-hybridized carbons (Fsp3) is 0.462. The van der Waals surface area contributed by atoms with E-state index in [4.69, 9.17) is 23.2 Å². The molecule has 1 N–H and O–H groups in total. The lowest BCUT2D eigenvalue weighted by atomic mass is 10.1. The minimum atomic E-state index is -4.03. The van der Waals surface area contributed by atoms with Crippen LogP contribution in [0.3, 0.4) is 0 Å². The van der Waals surface area contributed by atoms with Gasteiger partial charge in [0.1, 0.15) is 12.6 Å². The van der Waals surface area contributed by atoms with E-state index in [1.54, 1.807) is 38.1 Å². The van der Waals surface area contributed by atoms with E-state index in [2.05, 4.69) is 5.32 Å². The molecule has 0 saturated carbocycles. The van der Waals surface area contributed by atoms with Crippen LogP contribution in [-0.2, 0) is 26.3 Å². The van der Waals surface area contributed by atoms with Crippen LogP contribution >= 0.6 is 23.2 Å². The lowest BCUT2D eigenvalue weighted by Crippen LogP contribution is -2.52. The number of nitrogens with zero attached hydrogens (tertiary/aromatic N) is 3. The molecular formula is C26H36Cl2N4O4S. The topological polar surface area (TPSA) is 90.0 Å². The highest BCUT2D eigenvalue weighted by Crippen LogP contribution is 2.27. The zero-order valence-corrected chi connectivity index (χ0v) is 24.7. The Hall–Kier alpha value is -2.33. The average Bonchev–Trinajstić information content (AvgIpc) is 2.82. The fourth-order valence-corrected chi connectivity index (χ4v) is 4.99. The van der Waals surface area contributed by atoms with Gasteiger partial charge in [-0.1, -0.05) is 55.2 Å². The number of benzene rings is 2. The molecule has 0 aliphatic heterocycles. The molecule has 0 heterocycles. The highest BCUT2D eigenvalue weighted by atomic mass is 35.5. The van der Waals surface area contributed by atoms with Gasteiger partial charge in [-0.25, -0.2) is 4.31 Å². The summed E-state index contributed by atoms with van der Waals surface area (Å²) in [5, 5.41) is 3.53. The number of aryl methyl sites for hydroxylation is 2. The smallest absolute Gasteiger partial charge is 0.304 e. The summed E-state index contributed by atoms with van der Waals surface area (Å²) < 4.78 is 28.8. The molecule has 0 aliphatic carbocycles. The Balaban J connectivity index is 2.51. The second-order valence-electron chi connectivity index (χ2n) is 9.67. The first-order valence-electron chi connectivity index (χ1n) is 11.9. The highest BCUT2D eigenvalue weighted by Gasteiger charge is 2.33. The summed E-state index contributed by atoms with van der Waals surface area (Å²) in [6.07, 6.45) is 0. The lowest BCUT2D eigenvalue weighted by molar-refractivity contribution is -0.139. The summed E-state index contributed by atoms with van der Waals surface area (Å²) in [4.78, 5) is 28.1. The zero-order chi connectivity index (χ0) is 28.1. The summed E-state index contributed by atoms with van der Waals surface area (Å²) in [6, 6.07) is 9.49. The molecule has 0 aliphatic rings. The Morgan fingerprint density at radius 3 is 2.19 bits per heavy atom. The number of hydrogen-bond acceptors (Lipinski definition) is 4. The van der Waals surface area contributed by atoms with E-state index >= 15 is 0 Å². The van der Waals surface area contributed by atoms with Crippen LogP contribution in [0.1, 0.15) is 37.5 Å². The van der Waals surface area contributed by atoms with Gasteiger partial charge in [0.25, 0.3) is 0 Å². The van der Waals surface area contributed by atoms with Crippen molar-refractivity contribution in [2.45, 2.75) is 47.2 Å². The summed E-state index contributed by atoms with van der Waals surface area (Å²) in [5.41, 5.74) is 2.59. The maximum absolute atomic E-state index is 13.8. The largest absolute Gasteiger partial charge is 0.354 e. The van der Waals surface area contributed by atoms with Gasteiger partial charge < -0.3 is 10.2 Å².